The van der Waals surface area contributed by atoms with Gasteiger partial charge in [-0.15, -0.1) is 11.3 Å². The van der Waals surface area contributed by atoms with Gasteiger partial charge in [-0.2, -0.15) is 0 Å². The summed E-state index contributed by atoms with van der Waals surface area (Å²) in [6.45, 7) is 3.28. The Kier molecular flexibility index (Phi) is 7.89. The Hall–Kier alpha value is -1.36. The molecule has 2 amide bonds. The van der Waals surface area contributed by atoms with Crippen LogP contribution in [0.5, 0.6) is 0 Å². The molecule has 19 heavy (non-hydrogen) atoms. The van der Waals surface area contributed by atoms with Crippen molar-refractivity contribution in [3.8, 4) is 0 Å². The zero-order valence-electron chi connectivity index (χ0n) is 11.4. The minimum atomic E-state index is -0.106. The first-order valence-electron chi connectivity index (χ1n) is 6.82. The van der Waals surface area contributed by atoms with Gasteiger partial charge in [-0.25, -0.2) is 0 Å². The van der Waals surface area contributed by atoms with E-state index in [2.05, 4.69) is 17.6 Å². The normalized spacial score (nSPS) is 10.2. The number of unbranched alkanes of at least 4 members (excludes halogenated alkanes) is 3. The maximum Gasteiger partial charge on any atom is 0.261 e. The first-order valence-corrected chi connectivity index (χ1v) is 7.70. The monoisotopic (exact) mass is 282 g/mol. The molecule has 1 rings (SSSR count). The number of nitrogens with one attached hydrogen (secondary N) is 2. The lowest BCUT2D eigenvalue weighted by Gasteiger charge is -2.06. The lowest BCUT2D eigenvalue weighted by molar-refractivity contribution is -0.120. The van der Waals surface area contributed by atoms with Crippen LogP contribution in [0.3, 0.4) is 0 Å². The van der Waals surface area contributed by atoms with Gasteiger partial charge in [0, 0.05) is 19.5 Å². The zero-order chi connectivity index (χ0) is 13.9. The average molecular weight is 282 g/mol. The van der Waals surface area contributed by atoms with E-state index in [9.17, 15) is 9.59 Å². The molecular weight excluding hydrogens is 260 g/mol. The summed E-state index contributed by atoms with van der Waals surface area (Å²) in [5, 5.41) is 7.46. The Morgan fingerprint density at radius 3 is 2.68 bits per heavy atom. The van der Waals surface area contributed by atoms with Crippen LogP contribution >= 0.6 is 11.3 Å². The van der Waals surface area contributed by atoms with E-state index >= 15 is 0 Å². The van der Waals surface area contributed by atoms with Crippen molar-refractivity contribution in [3.05, 3.63) is 22.4 Å². The number of carbonyl (C=O) groups is 2. The molecule has 0 spiro atoms. The van der Waals surface area contributed by atoms with Crippen LogP contribution in [-0.2, 0) is 4.79 Å². The number of hydrogen-bond donors (Lipinski definition) is 2. The summed E-state index contributed by atoms with van der Waals surface area (Å²) in [7, 11) is 0. The molecule has 0 saturated heterocycles. The van der Waals surface area contributed by atoms with E-state index in [-0.39, 0.29) is 11.8 Å². The third kappa shape index (κ3) is 6.96. The highest BCUT2D eigenvalue weighted by Gasteiger charge is 2.06. The summed E-state index contributed by atoms with van der Waals surface area (Å²) >= 11 is 1.40. The van der Waals surface area contributed by atoms with Gasteiger partial charge < -0.3 is 10.6 Å². The van der Waals surface area contributed by atoms with Crippen molar-refractivity contribution in [2.24, 2.45) is 0 Å². The molecule has 1 heterocycles. The summed E-state index contributed by atoms with van der Waals surface area (Å²) in [6.07, 6.45) is 4.94. The first-order chi connectivity index (χ1) is 9.24. The van der Waals surface area contributed by atoms with Crippen LogP contribution < -0.4 is 10.6 Å². The van der Waals surface area contributed by atoms with E-state index in [0.29, 0.717) is 17.8 Å². The summed E-state index contributed by atoms with van der Waals surface area (Å²) in [5.41, 5.74) is 0. The van der Waals surface area contributed by atoms with Crippen LogP contribution in [0.15, 0.2) is 17.5 Å². The third-order valence-electron chi connectivity index (χ3n) is 2.74. The largest absolute Gasteiger partial charge is 0.356 e. The molecule has 0 aliphatic carbocycles. The van der Waals surface area contributed by atoms with Crippen molar-refractivity contribution in [1.29, 1.82) is 0 Å². The summed E-state index contributed by atoms with van der Waals surface area (Å²) in [5.74, 6) is -0.103. The quantitative estimate of drug-likeness (QED) is 0.684. The summed E-state index contributed by atoms with van der Waals surface area (Å²) in [4.78, 5) is 23.8. The van der Waals surface area contributed by atoms with E-state index in [4.69, 9.17) is 0 Å². The lowest BCUT2D eigenvalue weighted by atomic mass is 10.2. The van der Waals surface area contributed by atoms with Crippen LogP contribution in [0, 0.1) is 0 Å². The molecule has 2 N–H and O–H groups in total. The molecular formula is C14H22N2O2S. The highest BCUT2D eigenvalue weighted by atomic mass is 32.1. The first kappa shape index (κ1) is 15.7. The SMILES string of the molecule is CCCCCCNC(=O)CCNC(=O)c1cccs1. The molecule has 0 fully saturated rings. The van der Waals surface area contributed by atoms with Gasteiger partial charge in [0.1, 0.15) is 0 Å². The fraction of sp³-hybridized carbons (Fsp3) is 0.571. The molecule has 106 valence electrons. The topological polar surface area (TPSA) is 58.2 Å². The summed E-state index contributed by atoms with van der Waals surface area (Å²) in [6, 6.07) is 3.61. The Labute approximate surface area is 118 Å². The Morgan fingerprint density at radius 1 is 1.16 bits per heavy atom. The molecule has 5 heteroatoms. The fourth-order valence-corrected chi connectivity index (χ4v) is 2.29. The highest BCUT2D eigenvalue weighted by molar-refractivity contribution is 7.12. The van der Waals surface area contributed by atoms with Crippen molar-refractivity contribution < 1.29 is 9.59 Å². The predicted octanol–water partition coefficient (Wildman–Crippen LogP) is 2.56. The second kappa shape index (κ2) is 9.55. The molecule has 0 unspecified atom stereocenters. The standard InChI is InChI=1S/C14H22N2O2S/c1-2-3-4-5-9-15-13(17)8-10-16-14(18)12-7-6-11-19-12/h6-7,11H,2-5,8-10H2,1H3,(H,15,17)(H,16,18). The van der Waals surface area contributed by atoms with Crippen LogP contribution in [0.4, 0.5) is 0 Å². The number of thiophene rings is 1. The molecule has 0 aromatic carbocycles. The minimum absolute atomic E-state index is 0.00276. The van der Waals surface area contributed by atoms with Gasteiger partial charge in [-0.05, 0) is 17.9 Å². The molecule has 0 aliphatic heterocycles. The van der Waals surface area contributed by atoms with E-state index < -0.39 is 0 Å². The van der Waals surface area contributed by atoms with Gasteiger partial charge in [0.15, 0.2) is 0 Å². The van der Waals surface area contributed by atoms with Gasteiger partial charge in [0.25, 0.3) is 5.91 Å². The Bertz CT molecular complexity index is 377. The number of amides is 2. The molecule has 0 saturated carbocycles. The van der Waals surface area contributed by atoms with Crippen molar-refractivity contribution in [1.82, 2.24) is 10.6 Å². The molecule has 4 nitrogen and oxygen atoms in total. The second-order valence-electron chi connectivity index (χ2n) is 4.39. The maximum atomic E-state index is 11.6. The molecule has 0 atom stereocenters. The van der Waals surface area contributed by atoms with Crippen LogP contribution in [0.2, 0.25) is 0 Å². The lowest BCUT2D eigenvalue weighted by Crippen LogP contribution is -2.30. The van der Waals surface area contributed by atoms with E-state index in [1.165, 1.54) is 24.2 Å². The fourth-order valence-electron chi connectivity index (χ4n) is 1.65. The summed E-state index contributed by atoms with van der Waals surface area (Å²) < 4.78 is 0. The second-order valence-corrected chi connectivity index (χ2v) is 5.34. The van der Waals surface area contributed by atoms with Crippen molar-refractivity contribution >= 4 is 23.2 Å². The molecule has 0 bridgehead atoms. The van der Waals surface area contributed by atoms with Crippen molar-refractivity contribution in [2.75, 3.05) is 13.1 Å². The van der Waals surface area contributed by atoms with Gasteiger partial charge >= 0.3 is 0 Å². The zero-order valence-corrected chi connectivity index (χ0v) is 12.2. The van der Waals surface area contributed by atoms with Crippen LogP contribution in [0.1, 0.15) is 48.7 Å². The molecule has 0 aliphatic rings. The van der Waals surface area contributed by atoms with E-state index in [1.807, 2.05) is 11.4 Å². The van der Waals surface area contributed by atoms with Crippen LogP contribution in [-0.4, -0.2) is 24.9 Å². The van der Waals surface area contributed by atoms with E-state index in [0.717, 1.165) is 19.4 Å². The third-order valence-corrected chi connectivity index (χ3v) is 3.60. The van der Waals surface area contributed by atoms with Crippen molar-refractivity contribution in [3.63, 3.8) is 0 Å². The van der Waals surface area contributed by atoms with Gasteiger partial charge in [-0.3, -0.25) is 9.59 Å². The smallest absolute Gasteiger partial charge is 0.261 e. The Balaban J connectivity index is 2.02. The van der Waals surface area contributed by atoms with Gasteiger partial charge in [0.05, 0.1) is 4.88 Å². The highest BCUT2D eigenvalue weighted by Crippen LogP contribution is 2.07. The minimum Gasteiger partial charge on any atom is -0.356 e. The molecule has 1 aromatic heterocycles. The van der Waals surface area contributed by atoms with Gasteiger partial charge in [0.2, 0.25) is 5.91 Å². The average Bonchev–Trinajstić information content (AvgIpc) is 2.92. The molecule has 0 radical (unpaired) electrons. The number of rotatable bonds is 9. The van der Waals surface area contributed by atoms with Crippen molar-refractivity contribution in [2.45, 2.75) is 39.0 Å². The maximum absolute atomic E-state index is 11.6. The van der Waals surface area contributed by atoms with Gasteiger partial charge in [-0.1, -0.05) is 32.3 Å². The van der Waals surface area contributed by atoms with Crippen LogP contribution in [0.25, 0.3) is 0 Å². The number of carbonyl (C=O) groups excluding carboxylic acids is 2. The van der Waals surface area contributed by atoms with E-state index in [1.54, 1.807) is 6.07 Å². The Morgan fingerprint density at radius 2 is 2.00 bits per heavy atom. The number of hydrogen-bond acceptors (Lipinski definition) is 3. The molecule has 1 aromatic rings. The predicted molar refractivity (Wildman–Crippen MR) is 78.4 cm³/mol.